The van der Waals surface area contributed by atoms with Crippen molar-refractivity contribution < 1.29 is 95.3 Å². The predicted molar refractivity (Wildman–Crippen MR) is 328 cm³/mol. The number of rotatable bonds is 19. The zero-order valence-electron chi connectivity index (χ0n) is 53.5. The van der Waals surface area contributed by atoms with Crippen molar-refractivity contribution in [3.05, 3.63) is 132 Å². The first-order chi connectivity index (χ1) is 43.6. The number of esters is 9. The second kappa shape index (κ2) is 27.5. The highest BCUT2D eigenvalue weighted by molar-refractivity contribution is 5.90. The maximum Gasteiger partial charge on any atom is 0.344 e. The second-order valence-corrected chi connectivity index (χ2v) is 27.5. The molecule has 12 fully saturated rings. The van der Waals surface area contributed by atoms with Crippen LogP contribution in [0.15, 0.2) is 109 Å². The number of fused-ring (bicyclic) bond motifs is 3. The average Bonchev–Trinajstić information content (AvgIpc) is 1.55. The van der Waals surface area contributed by atoms with Crippen molar-refractivity contribution >= 4 is 53.7 Å². The molecule has 12 aliphatic rings. The third kappa shape index (κ3) is 15.9. The van der Waals surface area contributed by atoms with Gasteiger partial charge in [0.25, 0.3) is 0 Å². The fraction of sp³-hybridized carbons (Fsp3) is 0.542. The Bertz CT molecular complexity index is 3360. The van der Waals surface area contributed by atoms with Crippen LogP contribution in [0.4, 0.5) is 0 Å². The fourth-order valence-corrected chi connectivity index (χ4v) is 15.1. The summed E-state index contributed by atoms with van der Waals surface area (Å²) in [4.78, 5) is 110. The van der Waals surface area contributed by atoms with Crippen LogP contribution in [0.1, 0.15) is 178 Å². The largest absolute Gasteiger partial charge is 0.482 e. The molecule has 0 aromatic heterocycles. The molecular weight excluding hydrogens is 1180 g/mol. The Morgan fingerprint density at radius 1 is 0.522 bits per heavy atom. The molecule has 92 heavy (non-hydrogen) atoms. The van der Waals surface area contributed by atoms with E-state index in [1.165, 1.54) is 0 Å². The van der Waals surface area contributed by atoms with Gasteiger partial charge in [0.1, 0.15) is 64.9 Å². The summed E-state index contributed by atoms with van der Waals surface area (Å²) >= 11 is 0. The van der Waals surface area contributed by atoms with Crippen LogP contribution in [0.5, 0.6) is 11.5 Å². The summed E-state index contributed by atoms with van der Waals surface area (Å²) in [6, 6.07) is 20.9. The molecule has 15 rings (SSSR count). The highest BCUT2D eigenvalue weighted by Gasteiger charge is 2.57. The van der Waals surface area contributed by atoms with Gasteiger partial charge in [-0.3, -0.25) is 14.4 Å². The van der Waals surface area contributed by atoms with E-state index in [1.54, 1.807) is 121 Å². The van der Waals surface area contributed by atoms with Crippen LogP contribution in [0.2, 0.25) is 0 Å². The summed E-state index contributed by atoms with van der Waals surface area (Å²) in [7, 11) is 0. The first-order valence-corrected chi connectivity index (χ1v) is 32.0. The number of benzene rings is 3. The molecule has 3 aromatic rings. The number of carbonyl (C=O) groups excluding carboxylic acids is 9. The zero-order chi connectivity index (χ0) is 66.0. The summed E-state index contributed by atoms with van der Waals surface area (Å²) in [5, 5.41) is 0. The van der Waals surface area contributed by atoms with Gasteiger partial charge in [0, 0.05) is 48.3 Å². The highest BCUT2D eigenvalue weighted by atomic mass is 16.6. The quantitative estimate of drug-likeness (QED) is 0.0614. The van der Waals surface area contributed by atoms with Crippen LogP contribution in [0.3, 0.4) is 0 Å². The lowest BCUT2D eigenvalue weighted by molar-refractivity contribution is -0.176. The summed E-state index contributed by atoms with van der Waals surface area (Å²) in [5.41, 5.74) is 1.73. The van der Waals surface area contributed by atoms with Crippen LogP contribution in [-0.4, -0.2) is 103 Å². The molecule has 0 N–H and O–H groups in total. The lowest BCUT2D eigenvalue weighted by Crippen LogP contribution is -2.48. The molecule has 12 bridgehead atoms. The minimum Gasteiger partial charge on any atom is -0.482 e. The second-order valence-electron chi connectivity index (χ2n) is 27.5. The van der Waals surface area contributed by atoms with Gasteiger partial charge in [0.2, 0.25) is 0 Å². The Kier molecular flexibility index (Phi) is 19.9. The SMILES string of the molecule is C=C(C)C(=O)OC(C)(C)c1ccc(C(=O)OC23CC4CC(C2)OC(=O)C(C4)C3)cc1.C=C(C)C(=O)OC(C)c1ccc(OCC(=O)OC23CC4CC(C2)OC(=O)C(C4)C3)cc1.C=C(C)C(=O)OC(C)c1ccc(OCC(=O)OC2C3CC4CC(C3)C(=O)OC2C4)cc1. The molecule has 0 radical (unpaired) electrons. The van der Waals surface area contributed by atoms with Crippen LogP contribution >= 0.6 is 0 Å². The van der Waals surface area contributed by atoms with Gasteiger partial charge in [-0.2, -0.15) is 0 Å². The predicted octanol–water partition coefficient (Wildman–Crippen LogP) is 11.3. The normalized spacial score (nSPS) is 29.6. The van der Waals surface area contributed by atoms with E-state index in [-0.39, 0.29) is 79.2 Å². The molecule has 6 saturated heterocycles. The van der Waals surface area contributed by atoms with E-state index in [1.807, 2.05) is 0 Å². The van der Waals surface area contributed by atoms with Crippen LogP contribution < -0.4 is 9.47 Å². The van der Waals surface area contributed by atoms with Crippen molar-refractivity contribution in [2.75, 3.05) is 13.2 Å². The number of hydrogen-bond acceptors (Lipinski definition) is 20. The molecule has 20 heteroatoms. The monoisotopic (exact) mass is 1270 g/mol. The van der Waals surface area contributed by atoms with Crippen LogP contribution in [0, 0.1) is 41.4 Å². The molecule has 6 aliphatic heterocycles. The van der Waals surface area contributed by atoms with Crippen molar-refractivity contribution in [3.63, 3.8) is 0 Å². The van der Waals surface area contributed by atoms with Gasteiger partial charge in [0.15, 0.2) is 13.2 Å². The molecule has 0 spiro atoms. The molecule has 15 atom stereocenters. The standard InChI is InChI=1S/2C24H28O7.C24H28O6/c1-14(2)22(26)29-15(3)17-4-6-19(7-5-17)28-13-21(25)31-24-10-16-8-18(11-24)23(27)30-20(9-16)12-24;1-13(2)23(26)29-14(3)16-4-6-19(7-5-16)28-12-21(25)31-22-17-8-15-9-18(11-17)24(27)30-20(22)10-15;1-14(2)20(25)29-23(3,4)18-7-5-16(6-8-18)22(27)30-24-11-15-9-17(12-24)21(26)28-19(10-15)13-24/h4-7,15-16,18,20H,1,8-13H2,2-3H3;4-7,14-15,17-18,20,22H,1,8-12H2,2-3H3;5-8,15,17,19H,1,9-13H2,2-4H3. The van der Waals surface area contributed by atoms with E-state index in [0.717, 1.165) is 80.9 Å². The van der Waals surface area contributed by atoms with Crippen molar-refractivity contribution in [1.29, 1.82) is 0 Å². The average molecular weight is 1270 g/mol. The van der Waals surface area contributed by atoms with Gasteiger partial charge in [-0.25, -0.2) is 28.8 Å². The minimum atomic E-state index is -0.853. The Morgan fingerprint density at radius 3 is 1.49 bits per heavy atom. The van der Waals surface area contributed by atoms with Crippen molar-refractivity contribution in [3.8, 4) is 11.5 Å². The highest BCUT2D eigenvalue weighted by Crippen LogP contribution is 2.53. The third-order valence-corrected chi connectivity index (χ3v) is 19.4. The van der Waals surface area contributed by atoms with Crippen molar-refractivity contribution in [1.82, 2.24) is 0 Å². The Labute approximate surface area is 536 Å². The van der Waals surface area contributed by atoms with E-state index in [2.05, 4.69) is 19.7 Å². The van der Waals surface area contributed by atoms with Gasteiger partial charge in [-0.1, -0.05) is 56.1 Å². The Hall–Kier alpha value is -8.29. The molecule has 20 nitrogen and oxygen atoms in total. The molecule has 6 aliphatic carbocycles. The molecule has 492 valence electrons. The number of ether oxygens (including phenoxy) is 11. The smallest absolute Gasteiger partial charge is 0.344 e. The first kappa shape index (κ1) is 66.6. The molecule has 6 heterocycles. The maximum absolute atomic E-state index is 12.9. The van der Waals surface area contributed by atoms with E-state index < -0.39 is 64.8 Å². The van der Waals surface area contributed by atoms with E-state index in [9.17, 15) is 43.2 Å². The zero-order valence-corrected chi connectivity index (χ0v) is 53.5. The Morgan fingerprint density at radius 2 is 0.989 bits per heavy atom. The topological polar surface area (TPSA) is 255 Å². The van der Waals surface area contributed by atoms with Gasteiger partial charge in [0.05, 0.1) is 23.3 Å². The maximum atomic E-state index is 12.9. The lowest BCUT2D eigenvalue weighted by atomic mass is 9.65. The van der Waals surface area contributed by atoms with Gasteiger partial charge < -0.3 is 52.1 Å². The van der Waals surface area contributed by atoms with Crippen molar-refractivity contribution in [2.24, 2.45) is 41.4 Å². The van der Waals surface area contributed by atoms with E-state index >= 15 is 0 Å². The first-order valence-electron chi connectivity index (χ1n) is 32.0. The van der Waals surface area contributed by atoms with Crippen molar-refractivity contribution in [2.45, 2.75) is 192 Å². The summed E-state index contributed by atoms with van der Waals surface area (Å²) in [6.45, 7) is 22.2. The number of hydrogen-bond donors (Lipinski definition) is 0. The van der Waals surface area contributed by atoms with E-state index in [4.69, 9.17) is 52.1 Å². The van der Waals surface area contributed by atoms with Crippen LogP contribution in [0.25, 0.3) is 0 Å². The molecule has 6 saturated carbocycles. The Balaban J connectivity index is 0.000000151. The molecule has 15 unspecified atom stereocenters. The van der Waals surface area contributed by atoms with E-state index in [0.29, 0.717) is 77.2 Å². The third-order valence-electron chi connectivity index (χ3n) is 19.4. The van der Waals surface area contributed by atoms with Gasteiger partial charge in [-0.15, -0.1) is 0 Å². The molecule has 3 aromatic carbocycles. The molecule has 0 amide bonds. The number of carbonyl (C=O) groups is 9. The van der Waals surface area contributed by atoms with Gasteiger partial charge >= 0.3 is 53.7 Å². The minimum absolute atomic E-state index is 0.0516. The van der Waals surface area contributed by atoms with Crippen LogP contribution in [-0.2, 0) is 86.6 Å². The fourth-order valence-electron chi connectivity index (χ4n) is 15.1. The van der Waals surface area contributed by atoms with Gasteiger partial charge in [-0.05, 0) is 184 Å². The summed E-state index contributed by atoms with van der Waals surface area (Å²) < 4.78 is 61.5. The summed E-state index contributed by atoms with van der Waals surface area (Å²) in [6.07, 6.45) is 8.76. The lowest BCUT2D eigenvalue weighted by Gasteiger charge is -2.45. The molecular formula is C72H84O20. The summed E-state index contributed by atoms with van der Waals surface area (Å²) in [5.74, 6) is -1.06.